The van der Waals surface area contributed by atoms with Crippen molar-refractivity contribution in [3.05, 3.63) is 92.1 Å². The maximum Gasteiger partial charge on any atom is 0.236 e. The van der Waals surface area contributed by atoms with Gasteiger partial charge in [0, 0.05) is 38.6 Å². The zero-order valence-corrected chi connectivity index (χ0v) is 23.5. The Hall–Kier alpha value is -2.37. The highest BCUT2D eigenvalue weighted by molar-refractivity contribution is 9.10. The van der Waals surface area contributed by atoms with E-state index in [0.717, 1.165) is 20.7 Å². The minimum absolute atomic E-state index is 0.154. The van der Waals surface area contributed by atoms with Gasteiger partial charge in [-0.2, -0.15) is 0 Å². The molecule has 0 bridgehead atoms. The Balaban J connectivity index is 1.32. The lowest BCUT2D eigenvalue weighted by Crippen LogP contribution is -2.14. The Morgan fingerprint density at radius 2 is 2.03 bits per heavy atom. The van der Waals surface area contributed by atoms with Gasteiger partial charge in [-0.1, -0.05) is 63.0 Å². The molecule has 7 nitrogen and oxygen atoms in total. The molecule has 4 rings (SSSR count). The van der Waals surface area contributed by atoms with E-state index in [9.17, 15) is 4.79 Å². The first-order chi connectivity index (χ1) is 17.4. The Labute approximate surface area is 235 Å². The standard InChI is InChI=1S/C24H20BrCl2N5O2S2/c1-2-9-32-21(13-34-18-7-4-16(25)5-8-18)30-31-24(32)35-14-22(33)29-23-28-12-19(36-23)10-15-3-6-17(26)11-20(15)27/h2-8,11-12H,1,9-10,13-14H2,(H,28,29,33). The van der Waals surface area contributed by atoms with Crippen molar-refractivity contribution in [1.82, 2.24) is 19.7 Å². The summed E-state index contributed by atoms with van der Waals surface area (Å²) in [5, 5.41) is 13.6. The van der Waals surface area contributed by atoms with Gasteiger partial charge in [-0.05, 0) is 42.0 Å². The molecule has 1 amide bonds. The molecule has 0 unspecified atom stereocenters. The molecule has 2 heterocycles. The lowest BCUT2D eigenvalue weighted by atomic mass is 10.1. The number of carbonyl (C=O) groups excluding carboxylic acids is 1. The Kier molecular flexibility index (Phi) is 9.44. The van der Waals surface area contributed by atoms with Crippen LogP contribution < -0.4 is 10.1 Å². The van der Waals surface area contributed by atoms with E-state index in [2.05, 4.69) is 43.0 Å². The van der Waals surface area contributed by atoms with Gasteiger partial charge >= 0.3 is 0 Å². The quantitative estimate of drug-likeness (QED) is 0.145. The number of hydrogen-bond donors (Lipinski definition) is 1. The highest BCUT2D eigenvalue weighted by atomic mass is 79.9. The number of allylic oxidation sites excluding steroid dienone is 1. The molecule has 4 aromatic rings. The van der Waals surface area contributed by atoms with Crippen LogP contribution in [0.4, 0.5) is 5.13 Å². The summed E-state index contributed by atoms with van der Waals surface area (Å²) in [6.45, 7) is 4.55. The van der Waals surface area contributed by atoms with Crippen molar-refractivity contribution in [2.24, 2.45) is 0 Å². The molecule has 0 aliphatic rings. The van der Waals surface area contributed by atoms with E-state index in [0.29, 0.717) is 39.1 Å². The van der Waals surface area contributed by atoms with Gasteiger partial charge in [-0.25, -0.2) is 4.98 Å². The molecule has 0 saturated carbocycles. The third-order valence-corrected chi connectivity index (χ3v) is 7.79. The van der Waals surface area contributed by atoms with Gasteiger partial charge in [0.25, 0.3) is 0 Å². The van der Waals surface area contributed by atoms with E-state index < -0.39 is 0 Å². The smallest absolute Gasteiger partial charge is 0.236 e. The molecule has 12 heteroatoms. The molecular formula is C24H20BrCl2N5O2S2. The number of aromatic nitrogens is 4. The third-order valence-electron chi connectivity index (χ3n) is 4.80. The number of amides is 1. The maximum absolute atomic E-state index is 12.6. The fourth-order valence-electron chi connectivity index (χ4n) is 3.11. The minimum atomic E-state index is -0.189. The van der Waals surface area contributed by atoms with Crippen molar-refractivity contribution in [3.63, 3.8) is 0 Å². The number of benzene rings is 2. The van der Waals surface area contributed by atoms with Crippen LogP contribution in [-0.4, -0.2) is 31.4 Å². The fourth-order valence-corrected chi connectivity index (χ4v) is 5.47. The summed E-state index contributed by atoms with van der Waals surface area (Å²) in [4.78, 5) is 17.8. The first-order valence-electron chi connectivity index (χ1n) is 10.6. The molecule has 1 N–H and O–H groups in total. The molecule has 0 saturated heterocycles. The minimum Gasteiger partial charge on any atom is -0.486 e. The van der Waals surface area contributed by atoms with Crippen LogP contribution in [0.15, 0.2) is 70.9 Å². The summed E-state index contributed by atoms with van der Waals surface area (Å²) in [6, 6.07) is 12.9. The summed E-state index contributed by atoms with van der Waals surface area (Å²) in [7, 11) is 0. The number of ether oxygens (including phenoxy) is 1. The molecule has 2 aromatic carbocycles. The average molecular weight is 625 g/mol. The molecule has 0 spiro atoms. The molecule has 2 aromatic heterocycles. The summed E-state index contributed by atoms with van der Waals surface area (Å²) >= 11 is 18.3. The number of hydrogen-bond acceptors (Lipinski definition) is 7. The van der Waals surface area contributed by atoms with Crippen LogP contribution in [0.2, 0.25) is 10.0 Å². The summed E-state index contributed by atoms with van der Waals surface area (Å²) in [5.74, 6) is 1.33. The number of carbonyl (C=O) groups is 1. The number of nitrogens with one attached hydrogen (secondary N) is 1. The van der Waals surface area contributed by atoms with E-state index in [1.54, 1.807) is 24.4 Å². The van der Waals surface area contributed by atoms with E-state index in [4.69, 9.17) is 27.9 Å². The molecule has 0 fully saturated rings. The Morgan fingerprint density at radius 3 is 2.78 bits per heavy atom. The fraction of sp³-hybridized carbons (Fsp3) is 0.167. The van der Waals surface area contributed by atoms with E-state index in [1.165, 1.54) is 23.1 Å². The third kappa shape index (κ3) is 7.33. The summed E-state index contributed by atoms with van der Waals surface area (Å²) < 4.78 is 8.67. The normalized spacial score (nSPS) is 10.9. The maximum atomic E-state index is 12.6. The van der Waals surface area contributed by atoms with E-state index in [1.807, 2.05) is 34.9 Å². The van der Waals surface area contributed by atoms with Crippen LogP contribution in [0.25, 0.3) is 0 Å². The predicted octanol–water partition coefficient (Wildman–Crippen LogP) is 6.89. The number of rotatable bonds is 11. The second kappa shape index (κ2) is 12.7. The van der Waals surface area contributed by atoms with E-state index in [-0.39, 0.29) is 18.3 Å². The zero-order valence-electron chi connectivity index (χ0n) is 18.8. The van der Waals surface area contributed by atoms with Gasteiger partial charge in [-0.15, -0.1) is 28.1 Å². The second-order valence-electron chi connectivity index (χ2n) is 7.42. The molecule has 0 atom stereocenters. The molecule has 0 radical (unpaired) electrons. The van der Waals surface area contributed by atoms with Crippen LogP contribution in [0, 0.1) is 0 Å². The molecule has 36 heavy (non-hydrogen) atoms. The largest absolute Gasteiger partial charge is 0.486 e. The van der Waals surface area contributed by atoms with Crippen LogP contribution in [0.1, 0.15) is 16.3 Å². The van der Waals surface area contributed by atoms with Crippen molar-refractivity contribution in [2.45, 2.75) is 24.7 Å². The molecular weight excluding hydrogens is 605 g/mol. The predicted molar refractivity (Wildman–Crippen MR) is 149 cm³/mol. The first kappa shape index (κ1) is 26.7. The average Bonchev–Trinajstić information content (AvgIpc) is 3.46. The van der Waals surface area contributed by atoms with Crippen LogP contribution in [0.5, 0.6) is 5.75 Å². The Bertz CT molecular complexity index is 1360. The number of thioether (sulfide) groups is 1. The van der Waals surface area contributed by atoms with Gasteiger partial charge in [0.2, 0.25) is 5.91 Å². The molecule has 0 aliphatic heterocycles. The second-order valence-corrected chi connectivity index (χ2v) is 11.2. The SMILES string of the molecule is C=CCn1c(COc2ccc(Br)cc2)nnc1SCC(=O)Nc1ncc(Cc2ccc(Cl)cc2Cl)s1. The number of anilines is 1. The van der Waals surface area contributed by atoms with Gasteiger partial charge in [0.15, 0.2) is 16.1 Å². The lowest BCUT2D eigenvalue weighted by molar-refractivity contribution is -0.113. The van der Waals surface area contributed by atoms with Crippen molar-refractivity contribution < 1.29 is 9.53 Å². The zero-order chi connectivity index (χ0) is 25.5. The summed E-state index contributed by atoms with van der Waals surface area (Å²) in [5.41, 5.74) is 0.944. The number of nitrogens with zero attached hydrogens (tertiary/aromatic N) is 4. The molecule has 0 aliphatic carbocycles. The van der Waals surface area contributed by atoms with Crippen molar-refractivity contribution in [3.8, 4) is 5.75 Å². The van der Waals surface area contributed by atoms with E-state index >= 15 is 0 Å². The van der Waals surface area contributed by atoms with Gasteiger partial charge in [-0.3, -0.25) is 9.36 Å². The summed E-state index contributed by atoms with van der Waals surface area (Å²) in [6.07, 6.45) is 4.09. The van der Waals surface area contributed by atoms with Gasteiger partial charge < -0.3 is 10.1 Å². The number of thiazole rings is 1. The molecule has 186 valence electrons. The van der Waals surface area contributed by atoms with Crippen molar-refractivity contribution in [1.29, 1.82) is 0 Å². The van der Waals surface area contributed by atoms with Gasteiger partial charge in [0.1, 0.15) is 12.4 Å². The van der Waals surface area contributed by atoms with Gasteiger partial charge in [0.05, 0.1) is 5.75 Å². The first-order valence-corrected chi connectivity index (χ1v) is 14.0. The highest BCUT2D eigenvalue weighted by Gasteiger charge is 2.15. The van der Waals surface area contributed by atoms with Crippen molar-refractivity contribution >= 4 is 73.3 Å². The Morgan fingerprint density at radius 1 is 1.22 bits per heavy atom. The number of halogens is 3. The topological polar surface area (TPSA) is 81.9 Å². The van der Waals surface area contributed by atoms with Crippen LogP contribution in [-0.2, 0) is 24.4 Å². The highest BCUT2D eigenvalue weighted by Crippen LogP contribution is 2.27. The van der Waals surface area contributed by atoms with Crippen LogP contribution >= 0.6 is 62.2 Å². The van der Waals surface area contributed by atoms with Crippen LogP contribution in [0.3, 0.4) is 0 Å². The lowest BCUT2D eigenvalue weighted by Gasteiger charge is -2.09. The van der Waals surface area contributed by atoms with Crippen molar-refractivity contribution in [2.75, 3.05) is 11.1 Å². The monoisotopic (exact) mass is 623 g/mol.